The number of piperazine rings is 1. The predicted octanol–water partition coefficient (Wildman–Crippen LogP) is 1.19. The van der Waals surface area contributed by atoms with Gasteiger partial charge in [-0.15, -0.1) is 0 Å². The highest BCUT2D eigenvalue weighted by Crippen LogP contribution is 2.27. The van der Waals surface area contributed by atoms with E-state index in [0.29, 0.717) is 0 Å². The van der Waals surface area contributed by atoms with Gasteiger partial charge in [0.15, 0.2) is 6.04 Å². The van der Waals surface area contributed by atoms with Gasteiger partial charge in [0.2, 0.25) is 5.91 Å². The average Bonchev–Trinajstić information content (AvgIpc) is 2.79. The highest BCUT2D eigenvalue weighted by Gasteiger charge is 2.32. The molecule has 2 aromatic rings. The van der Waals surface area contributed by atoms with E-state index in [2.05, 4.69) is 16.3 Å². The third-order valence-corrected chi connectivity index (χ3v) is 5.91. The lowest BCUT2D eigenvalue weighted by Gasteiger charge is -2.37. The summed E-state index contributed by atoms with van der Waals surface area (Å²) in [5, 5.41) is 2.85. The van der Waals surface area contributed by atoms with Gasteiger partial charge in [0.05, 0.1) is 45.5 Å². The van der Waals surface area contributed by atoms with Crippen LogP contribution in [0.15, 0.2) is 48.5 Å². The van der Waals surface area contributed by atoms with Gasteiger partial charge in [0.25, 0.3) is 5.91 Å². The van der Waals surface area contributed by atoms with Gasteiger partial charge in [-0.05, 0) is 38.1 Å². The zero-order valence-electron chi connectivity index (χ0n) is 18.9. The van der Waals surface area contributed by atoms with Crippen molar-refractivity contribution in [1.29, 1.82) is 0 Å². The van der Waals surface area contributed by atoms with Crippen LogP contribution in [0.25, 0.3) is 0 Å². The van der Waals surface area contributed by atoms with E-state index in [9.17, 15) is 9.59 Å². The molecule has 3 rings (SSSR count). The van der Waals surface area contributed by atoms with Crippen LogP contribution < -0.4 is 19.9 Å². The lowest BCUT2D eigenvalue weighted by atomic mass is 10.1. The minimum atomic E-state index is -0.197. The topological polar surface area (TPSA) is 66.3 Å². The molecule has 1 aliphatic rings. The van der Waals surface area contributed by atoms with Crippen LogP contribution in [-0.2, 0) is 9.59 Å². The number of aryl methyl sites for hydroxylation is 1. The lowest BCUT2D eigenvalue weighted by molar-refractivity contribution is -0.915. The minimum absolute atomic E-state index is 0.0141. The number of carbonyl (C=O) groups excluding carboxylic acids is 2. The van der Waals surface area contributed by atoms with E-state index >= 15 is 0 Å². The Kier molecular flexibility index (Phi) is 7.52. The van der Waals surface area contributed by atoms with E-state index in [4.69, 9.17) is 4.74 Å². The van der Waals surface area contributed by atoms with Crippen LogP contribution in [0.5, 0.6) is 5.75 Å². The molecule has 1 saturated heterocycles. The van der Waals surface area contributed by atoms with Gasteiger partial charge in [0.1, 0.15) is 5.75 Å². The molecule has 0 spiro atoms. The van der Waals surface area contributed by atoms with E-state index < -0.39 is 0 Å². The minimum Gasteiger partial charge on any atom is -0.495 e. The van der Waals surface area contributed by atoms with Crippen LogP contribution in [0.1, 0.15) is 12.5 Å². The molecular formula is C24H33N4O3+. The molecule has 0 unspecified atom stereocenters. The third-order valence-electron chi connectivity index (χ3n) is 5.91. The molecule has 31 heavy (non-hydrogen) atoms. The van der Waals surface area contributed by atoms with E-state index in [0.717, 1.165) is 48.9 Å². The van der Waals surface area contributed by atoms with Crippen molar-refractivity contribution in [2.75, 3.05) is 57.1 Å². The van der Waals surface area contributed by atoms with Gasteiger partial charge in [0, 0.05) is 12.7 Å². The fraction of sp³-hybridized carbons (Fsp3) is 0.417. The maximum absolute atomic E-state index is 12.9. The number of nitrogens with one attached hydrogen (secondary N) is 2. The van der Waals surface area contributed by atoms with Crippen LogP contribution in [0, 0.1) is 6.92 Å². The Bertz CT molecular complexity index is 892. The molecule has 2 amide bonds. The molecule has 2 N–H and O–H groups in total. The van der Waals surface area contributed by atoms with Gasteiger partial charge in [-0.1, -0.05) is 29.8 Å². The van der Waals surface area contributed by atoms with Gasteiger partial charge in [-0.25, -0.2) is 0 Å². The van der Waals surface area contributed by atoms with Crippen LogP contribution in [0.4, 0.5) is 11.4 Å². The first kappa shape index (κ1) is 22.6. The molecule has 1 fully saturated rings. The summed E-state index contributed by atoms with van der Waals surface area (Å²) in [5.74, 6) is 0.664. The molecule has 166 valence electrons. The number of quaternary nitrogens is 1. The van der Waals surface area contributed by atoms with Crippen LogP contribution in [0.2, 0.25) is 0 Å². The number of amides is 2. The molecule has 1 atom stereocenters. The molecule has 2 aromatic carbocycles. The number of carbonyl (C=O) groups is 2. The standard InChI is InChI=1S/C24H32N4O3/c1-18-9-11-20(12-10-18)25-23(29)17-26(3)24(30)19(2)27-13-15-28(16-14-27)21-7-5-6-8-22(21)31-4/h5-12,19H,13-17H2,1-4H3,(H,25,29)/p+1/t19-/m1/s1. The molecule has 0 aromatic heterocycles. The number of para-hydroxylation sites is 2. The Morgan fingerprint density at radius 3 is 2.42 bits per heavy atom. The Hall–Kier alpha value is -3.06. The number of hydrogen-bond acceptors (Lipinski definition) is 4. The maximum atomic E-state index is 12.9. The number of nitrogens with zero attached hydrogens (tertiary/aromatic N) is 2. The van der Waals surface area contributed by atoms with E-state index in [1.54, 1.807) is 14.2 Å². The summed E-state index contributed by atoms with van der Waals surface area (Å²) >= 11 is 0. The van der Waals surface area contributed by atoms with E-state index in [1.165, 1.54) is 9.80 Å². The summed E-state index contributed by atoms with van der Waals surface area (Å²) < 4.78 is 5.48. The number of likely N-dealkylation sites (N-methyl/N-ethyl adjacent to an activating group) is 1. The molecular weight excluding hydrogens is 392 g/mol. The second-order valence-electron chi connectivity index (χ2n) is 8.15. The quantitative estimate of drug-likeness (QED) is 0.700. The Morgan fingerprint density at radius 2 is 1.77 bits per heavy atom. The number of anilines is 2. The maximum Gasteiger partial charge on any atom is 0.280 e. The number of benzene rings is 2. The predicted molar refractivity (Wildman–Crippen MR) is 123 cm³/mol. The van der Waals surface area contributed by atoms with Crippen molar-refractivity contribution in [2.45, 2.75) is 19.9 Å². The molecule has 0 bridgehead atoms. The number of rotatable bonds is 7. The van der Waals surface area contributed by atoms with Crippen LogP contribution in [-0.4, -0.2) is 69.6 Å². The first-order valence-corrected chi connectivity index (χ1v) is 10.7. The Morgan fingerprint density at radius 1 is 1.13 bits per heavy atom. The van der Waals surface area contributed by atoms with Crippen LogP contribution >= 0.6 is 0 Å². The summed E-state index contributed by atoms with van der Waals surface area (Å²) in [5.41, 5.74) is 2.96. The van der Waals surface area contributed by atoms with Gasteiger partial charge < -0.3 is 24.8 Å². The summed E-state index contributed by atoms with van der Waals surface area (Å²) in [4.78, 5) is 30.3. The molecule has 0 radical (unpaired) electrons. The first-order valence-electron chi connectivity index (χ1n) is 10.7. The molecule has 0 saturated carbocycles. The Labute approximate surface area is 184 Å². The SMILES string of the molecule is COc1ccccc1N1CC[NH+]([C@H](C)C(=O)N(C)CC(=O)Nc2ccc(C)cc2)CC1. The monoisotopic (exact) mass is 425 g/mol. The zero-order chi connectivity index (χ0) is 22.4. The number of hydrogen-bond donors (Lipinski definition) is 2. The van der Waals surface area contributed by atoms with Crippen molar-refractivity contribution in [2.24, 2.45) is 0 Å². The summed E-state index contributed by atoms with van der Waals surface area (Å²) in [6, 6.07) is 15.4. The van der Waals surface area contributed by atoms with Crippen molar-refractivity contribution < 1.29 is 19.2 Å². The fourth-order valence-electron chi connectivity index (χ4n) is 3.99. The highest BCUT2D eigenvalue weighted by atomic mass is 16.5. The molecule has 7 heteroatoms. The smallest absolute Gasteiger partial charge is 0.280 e. The van der Waals surface area contributed by atoms with Gasteiger partial charge >= 0.3 is 0 Å². The molecule has 1 heterocycles. The third kappa shape index (κ3) is 5.76. The fourth-order valence-corrected chi connectivity index (χ4v) is 3.99. The van der Waals surface area contributed by atoms with Crippen molar-refractivity contribution in [3.8, 4) is 5.75 Å². The normalized spacial score (nSPS) is 15.3. The number of methoxy groups -OCH3 is 1. The largest absolute Gasteiger partial charge is 0.495 e. The summed E-state index contributed by atoms with van der Waals surface area (Å²) in [7, 11) is 3.38. The average molecular weight is 426 g/mol. The van der Waals surface area contributed by atoms with Crippen molar-refractivity contribution in [3.05, 3.63) is 54.1 Å². The highest BCUT2D eigenvalue weighted by molar-refractivity contribution is 5.94. The van der Waals surface area contributed by atoms with Crippen molar-refractivity contribution >= 4 is 23.2 Å². The number of ether oxygens (including phenoxy) is 1. The zero-order valence-corrected chi connectivity index (χ0v) is 18.9. The lowest BCUT2D eigenvalue weighted by Crippen LogP contribution is -3.19. The second-order valence-corrected chi connectivity index (χ2v) is 8.15. The van der Waals surface area contributed by atoms with E-state index in [-0.39, 0.29) is 24.4 Å². The Balaban J connectivity index is 1.50. The van der Waals surface area contributed by atoms with Crippen LogP contribution in [0.3, 0.4) is 0 Å². The molecule has 0 aliphatic carbocycles. The van der Waals surface area contributed by atoms with Gasteiger partial charge in [-0.2, -0.15) is 0 Å². The van der Waals surface area contributed by atoms with Crippen molar-refractivity contribution in [3.63, 3.8) is 0 Å². The summed E-state index contributed by atoms with van der Waals surface area (Å²) in [6.45, 7) is 7.40. The van der Waals surface area contributed by atoms with Crippen molar-refractivity contribution in [1.82, 2.24) is 4.90 Å². The second kappa shape index (κ2) is 10.3. The molecule has 7 nitrogen and oxygen atoms in total. The molecule has 1 aliphatic heterocycles. The van der Waals surface area contributed by atoms with Gasteiger partial charge in [-0.3, -0.25) is 9.59 Å². The summed E-state index contributed by atoms with van der Waals surface area (Å²) in [6.07, 6.45) is 0. The first-order chi connectivity index (χ1) is 14.9. The van der Waals surface area contributed by atoms with E-state index in [1.807, 2.05) is 56.3 Å².